The first kappa shape index (κ1) is 11.7. The molecular formula is C14H16O3. The molecule has 0 bridgehead atoms. The second kappa shape index (κ2) is 3.91. The van der Waals surface area contributed by atoms with Crippen LogP contribution in [-0.4, -0.2) is 20.5 Å². The summed E-state index contributed by atoms with van der Waals surface area (Å²) in [6.07, 6.45) is 2.82. The number of fused-ring (bicyclic) bond motifs is 1. The van der Waals surface area contributed by atoms with Crippen LogP contribution in [0.25, 0.3) is 6.08 Å². The zero-order valence-electron chi connectivity index (χ0n) is 10.5. The molecule has 1 aromatic rings. The van der Waals surface area contributed by atoms with Crippen LogP contribution < -0.4 is 9.47 Å². The molecule has 0 atom stereocenters. The van der Waals surface area contributed by atoms with Gasteiger partial charge in [0, 0.05) is 11.0 Å². The van der Waals surface area contributed by atoms with Gasteiger partial charge < -0.3 is 9.47 Å². The SMILES string of the molecule is COc1cc2c(cc1OC)C(C)(C)C(C=O)=C2. The number of ether oxygens (including phenoxy) is 2. The number of aldehydes is 1. The summed E-state index contributed by atoms with van der Waals surface area (Å²) in [6.45, 7) is 4.07. The van der Waals surface area contributed by atoms with E-state index >= 15 is 0 Å². The van der Waals surface area contributed by atoms with Crippen LogP contribution >= 0.6 is 0 Å². The Morgan fingerprint density at radius 2 is 1.71 bits per heavy atom. The molecule has 0 N–H and O–H groups in total. The van der Waals surface area contributed by atoms with Crippen LogP contribution in [0.5, 0.6) is 11.5 Å². The van der Waals surface area contributed by atoms with E-state index in [0.717, 1.165) is 23.0 Å². The van der Waals surface area contributed by atoms with Crippen molar-refractivity contribution >= 4 is 12.4 Å². The average Bonchev–Trinajstić information content (AvgIpc) is 2.58. The van der Waals surface area contributed by atoms with Gasteiger partial charge in [-0.3, -0.25) is 4.79 Å². The second-order valence-electron chi connectivity index (χ2n) is 4.64. The minimum atomic E-state index is -0.267. The highest BCUT2D eigenvalue weighted by Crippen LogP contribution is 2.44. The highest BCUT2D eigenvalue weighted by Gasteiger charge is 2.33. The predicted molar refractivity (Wildman–Crippen MR) is 66.6 cm³/mol. The Kier molecular flexibility index (Phi) is 2.69. The van der Waals surface area contributed by atoms with Gasteiger partial charge in [-0.2, -0.15) is 0 Å². The lowest BCUT2D eigenvalue weighted by atomic mass is 9.82. The fraction of sp³-hybridized carbons (Fsp3) is 0.357. The monoisotopic (exact) mass is 232 g/mol. The molecule has 0 radical (unpaired) electrons. The number of carbonyl (C=O) groups excluding carboxylic acids is 1. The molecule has 2 rings (SSSR count). The fourth-order valence-corrected chi connectivity index (χ4v) is 2.24. The van der Waals surface area contributed by atoms with Crippen molar-refractivity contribution in [3.05, 3.63) is 28.8 Å². The number of methoxy groups -OCH3 is 2. The van der Waals surface area contributed by atoms with Crippen molar-refractivity contribution in [1.82, 2.24) is 0 Å². The average molecular weight is 232 g/mol. The summed E-state index contributed by atoms with van der Waals surface area (Å²) in [4.78, 5) is 11.1. The van der Waals surface area contributed by atoms with E-state index in [9.17, 15) is 4.79 Å². The van der Waals surface area contributed by atoms with Gasteiger partial charge in [0.15, 0.2) is 11.5 Å². The molecule has 1 aliphatic carbocycles. The number of benzene rings is 1. The molecule has 3 heteroatoms. The van der Waals surface area contributed by atoms with E-state index in [2.05, 4.69) is 0 Å². The Morgan fingerprint density at radius 1 is 1.12 bits per heavy atom. The van der Waals surface area contributed by atoms with E-state index in [0.29, 0.717) is 11.5 Å². The number of rotatable bonds is 3. The van der Waals surface area contributed by atoms with Crippen LogP contribution in [0.1, 0.15) is 25.0 Å². The van der Waals surface area contributed by atoms with Gasteiger partial charge in [-0.25, -0.2) is 0 Å². The number of allylic oxidation sites excluding steroid dienone is 1. The number of hydrogen-bond acceptors (Lipinski definition) is 3. The van der Waals surface area contributed by atoms with Crippen molar-refractivity contribution in [2.75, 3.05) is 14.2 Å². The molecule has 0 heterocycles. The van der Waals surface area contributed by atoms with E-state index in [-0.39, 0.29) is 5.41 Å². The molecule has 1 aromatic carbocycles. The van der Waals surface area contributed by atoms with E-state index < -0.39 is 0 Å². The molecule has 0 saturated heterocycles. The first-order valence-corrected chi connectivity index (χ1v) is 5.48. The van der Waals surface area contributed by atoms with E-state index in [4.69, 9.17) is 9.47 Å². The van der Waals surface area contributed by atoms with Crippen LogP contribution in [0.3, 0.4) is 0 Å². The molecule has 0 spiro atoms. The fourth-order valence-electron chi connectivity index (χ4n) is 2.24. The highest BCUT2D eigenvalue weighted by molar-refractivity contribution is 5.90. The third-order valence-electron chi connectivity index (χ3n) is 3.39. The van der Waals surface area contributed by atoms with E-state index in [1.165, 1.54) is 0 Å². The van der Waals surface area contributed by atoms with Gasteiger partial charge >= 0.3 is 0 Å². The van der Waals surface area contributed by atoms with E-state index in [1.54, 1.807) is 14.2 Å². The first-order chi connectivity index (χ1) is 8.04. The normalized spacial score (nSPS) is 16.1. The molecular weight excluding hydrogens is 216 g/mol. The Morgan fingerprint density at radius 3 is 2.24 bits per heavy atom. The molecule has 0 aliphatic heterocycles. The lowest BCUT2D eigenvalue weighted by molar-refractivity contribution is -0.105. The molecule has 3 nitrogen and oxygen atoms in total. The van der Waals surface area contributed by atoms with Gasteiger partial charge in [-0.15, -0.1) is 0 Å². The zero-order valence-corrected chi connectivity index (χ0v) is 10.5. The summed E-state index contributed by atoms with van der Waals surface area (Å²) in [5.41, 5.74) is 2.63. The minimum absolute atomic E-state index is 0.267. The lowest BCUT2D eigenvalue weighted by Crippen LogP contribution is -2.18. The molecule has 90 valence electrons. The third kappa shape index (κ3) is 1.62. The summed E-state index contributed by atoms with van der Waals surface area (Å²) < 4.78 is 10.5. The summed E-state index contributed by atoms with van der Waals surface area (Å²) in [5.74, 6) is 1.38. The summed E-state index contributed by atoms with van der Waals surface area (Å²) >= 11 is 0. The summed E-state index contributed by atoms with van der Waals surface area (Å²) in [5, 5.41) is 0. The van der Waals surface area contributed by atoms with Gasteiger partial charge in [0.2, 0.25) is 0 Å². The van der Waals surface area contributed by atoms with Crippen LogP contribution in [0.4, 0.5) is 0 Å². The Labute approximate surface area is 101 Å². The van der Waals surface area contributed by atoms with Gasteiger partial charge in [0.05, 0.1) is 14.2 Å². The summed E-state index contributed by atoms with van der Waals surface area (Å²) in [6, 6.07) is 3.85. The second-order valence-corrected chi connectivity index (χ2v) is 4.64. The number of carbonyl (C=O) groups is 1. The largest absolute Gasteiger partial charge is 0.493 e. The van der Waals surface area contributed by atoms with Crippen LogP contribution in [0.2, 0.25) is 0 Å². The standard InChI is InChI=1S/C14H16O3/c1-14(2)10(8-15)5-9-6-12(16-3)13(17-4)7-11(9)14/h5-8H,1-4H3. The molecule has 0 unspecified atom stereocenters. The van der Waals surface area contributed by atoms with Crippen molar-refractivity contribution in [2.45, 2.75) is 19.3 Å². The Hall–Kier alpha value is -1.77. The van der Waals surface area contributed by atoms with Gasteiger partial charge in [-0.1, -0.05) is 13.8 Å². The van der Waals surface area contributed by atoms with Crippen molar-refractivity contribution in [1.29, 1.82) is 0 Å². The van der Waals surface area contributed by atoms with E-state index in [1.807, 2.05) is 32.1 Å². The summed E-state index contributed by atoms with van der Waals surface area (Å²) in [7, 11) is 3.22. The highest BCUT2D eigenvalue weighted by atomic mass is 16.5. The van der Waals surface area contributed by atoms with Crippen LogP contribution in [-0.2, 0) is 10.2 Å². The molecule has 17 heavy (non-hydrogen) atoms. The van der Waals surface area contributed by atoms with Crippen LogP contribution in [0, 0.1) is 0 Å². The van der Waals surface area contributed by atoms with Gasteiger partial charge in [-0.05, 0) is 29.3 Å². The topological polar surface area (TPSA) is 35.5 Å². The molecule has 0 saturated carbocycles. The van der Waals surface area contributed by atoms with Crippen molar-refractivity contribution < 1.29 is 14.3 Å². The quantitative estimate of drug-likeness (QED) is 0.751. The minimum Gasteiger partial charge on any atom is -0.493 e. The third-order valence-corrected chi connectivity index (χ3v) is 3.39. The Balaban J connectivity index is 2.63. The smallest absolute Gasteiger partial charge is 0.161 e. The van der Waals surface area contributed by atoms with Gasteiger partial charge in [0.1, 0.15) is 6.29 Å². The van der Waals surface area contributed by atoms with Crippen molar-refractivity contribution in [3.8, 4) is 11.5 Å². The number of hydrogen-bond donors (Lipinski definition) is 0. The maximum absolute atomic E-state index is 11.1. The van der Waals surface area contributed by atoms with Crippen LogP contribution in [0.15, 0.2) is 17.7 Å². The lowest BCUT2D eigenvalue weighted by Gasteiger charge is -2.22. The predicted octanol–water partition coefficient (Wildman–Crippen LogP) is 2.58. The van der Waals surface area contributed by atoms with Gasteiger partial charge in [0.25, 0.3) is 0 Å². The maximum Gasteiger partial charge on any atom is 0.161 e. The first-order valence-electron chi connectivity index (χ1n) is 5.48. The maximum atomic E-state index is 11.1. The Bertz CT molecular complexity index is 498. The molecule has 0 amide bonds. The zero-order chi connectivity index (χ0) is 12.6. The molecule has 0 aromatic heterocycles. The van der Waals surface area contributed by atoms with Crippen molar-refractivity contribution in [3.63, 3.8) is 0 Å². The molecule has 0 fully saturated rings. The van der Waals surface area contributed by atoms with Crippen molar-refractivity contribution in [2.24, 2.45) is 0 Å². The molecule has 1 aliphatic rings.